The summed E-state index contributed by atoms with van der Waals surface area (Å²) in [6.07, 6.45) is 4.01. The van der Waals surface area contributed by atoms with Crippen LogP contribution in [0.1, 0.15) is 31.7 Å². The Labute approximate surface area is 176 Å². The van der Waals surface area contributed by atoms with Crippen molar-refractivity contribution in [1.82, 2.24) is 4.98 Å². The number of rotatable bonds is 4. The third kappa shape index (κ3) is 3.52. The van der Waals surface area contributed by atoms with E-state index in [0.29, 0.717) is 36.1 Å². The van der Waals surface area contributed by atoms with E-state index in [1.807, 2.05) is 6.07 Å². The largest absolute Gasteiger partial charge is 0.245 e. The molecule has 3 aromatic rings. The van der Waals surface area contributed by atoms with Gasteiger partial charge in [-0.05, 0) is 30.5 Å². The van der Waals surface area contributed by atoms with Gasteiger partial charge in [0, 0.05) is 10.8 Å². The molecule has 1 aromatic heterocycles. The highest BCUT2D eigenvalue weighted by atomic mass is 35.5. The molecule has 7 heteroatoms. The Balaban J connectivity index is 2.37. The van der Waals surface area contributed by atoms with E-state index in [9.17, 15) is 0 Å². The van der Waals surface area contributed by atoms with E-state index in [2.05, 4.69) is 11.9 Å². The highest BCUT2D eigenvalue weighted by Gasteiger charge is 2.19. The number of unbranched alkanes of at least 4 members (excludes halogenated alkanes) is 2. The fourth-order valence-electron chi connectivity index (χ4n) is 2.87. The van der Waals surface area contributed by atoms with Crippen molar-refractivity contribution in [3.8, 4) is 0 Å². The second kappa shape index (κ2) is 7.84. The summed E-state index contributed by atoms with van der Waals surface area (Å²) in [5.74, 6) is 0. The monoisotopic (exact) mass is 453 g/mol. The fraction of sp³-hybridized carbons (Fsp3) is 0.278. The number of halogens is 6. The normalized spacial score (nSPS) is 11.6. The van der Waals surface area contributed by atoms with Gasteiger partial charge in [-0.1, -0.05) is 89.4 Å². The van der Waals surface area contributed by atoms with Crippen molar-refractivity contribution >= 4 is 91.4 Å². The first-order valence-corrected chi connectivity index (χ1v) is 10.1. The molecule has 25 heavy (non-hydrogen) atoms. The Kier molecular flexibility index (Phi) is 6.15. The number of fused-ring (bicyclic) bond motifs is 2. The van der Waals surface area contributed by atoms with Gasteiger partial charge in [0.25, 0.3) is 0 Å². The molecule has 0 saturated heterocycles. The van der Waals surface area contributed by atoms with Crippen LogP contribution in [-0.4, -0.2) is 4.98 Å². The molecule has 0 bridgehead atoms. The molecule has 0 aliphatic heterocycles. The molecule has 1 nitrogen and oxygen atoms in total. The Morgan fingerprint density at radius 1 is 0.760 bits per heavy atom. The van der Waals surface area contributed by atoms with Gasteiger partial charge in [0.2, 0.25) is 0 Å². The number of hydrogen-bond acceptors (Lipinski definition) is 1. The summed E-state index contributed by atoms with van der Waals surface area (Å²) in [5, 5.41) is 3.66. The number of pyridine rings is 1. The molecular weight excluding hydrogens is 443 g/mol. The lowest BCUT2D eigenvalue weighted by Crippen LogP contribution is -1.95. The minimum absolute atomic E-state index is 0.266. The van der Waals surface area contributed by atoms with Gasteiger partial charge in [-0.25, -0.2) is 4.98 Å². The lowest BCUT2D eigenvalue weighted by atomic mass is 10.0. The van der Waals surface area contributed by atoms with E-state index in [-0.39, 0.29) is 5.02 Å². The van der Waals surface area contributed by atoms with Crippen LogP contribution in [-0.2, 0) is 6.42 Å². The quantitative estimate of drug-likeness (QED) is 0.217. The van der Waals surface area contributed by atoms with Crippen LogP contribution in [0, 0.1) is 0 Å². The average Bonchev–Trinajstić information content (AvgIpc) is 2.60. The summed E-state index contributed by atoms with van der Waals surface area (Å²) in [7, 11) is 0. The van der Waals surface area contributed by atoms with E-state index in [1.54, 1.807) is 6.07 Å². The van der Waals surface area contributed by atoms with Crippen LogP contribution in [0.3, 0.4) is 0 Å². The maximum absolute atomic E-state index is 6.48. The molecule has 2 aromatic carbocycles. The Hall–Kier alpha value is -0.150. The van der Waals surface area contributed by atoms with Crippen molar-refractivity contribution in [2.45, 2.75) is 32.6 Å². The molecule has 0 spiro atoms. The molecule has 0 radical (unpaired) electrons. The zero-order valence-corrected chi connectivity index (χ0v) is 17.7. The predicted molar refractivity (Wildman–Crippen MR) is 113 cm³/mol. The van der Waals surface area contributed by atoms with Crippen molar-refractivity contribution in [3.63, 3.8) is 0 Å². The topological polar surface area (TPSA) is 12.9 Å². The maximum Gasteiger partial charge on any atom is 0.0915 e. The van der Waals surface area contributed by atoms with E-state index in [1.165, 1.54) is 0 Å². The van der Waals surface area contributed by atoms with Crippen LogP contribution in [0.4, 0.5) is 0 Å². The summed E-state index contributed by atoms with van der Waals surface area (Å²) < 4.78 is 0. The Morgan fingerprint density at radius 3 is 2.12 bits per heavy atom. The Morgan fingerprint density at radius 2 is 1.44 bits per heavy atom. The average molecular weight is 456 g/mol. The molecule has 0 saturated carbocycles. The molecule has 0 unspecified atom stereocenters. The van der Waals surface area contributed by atoms with Gasteiger partial charge in [0.1, 0.15) is 0 Å². The lowest BCUT2D eigenvalue weighted by molar-refractivity contribution is 0.720. The molecule has 1 heterocycles. The van der Waals surface area contributed by atoms with Crippen LogP contribution in [0.15, 0.2) is 12.1 Å². The van der Waals surface area contributed by atoms with Gasteiger partial charge in [-0.3, -0.25) is 0 Å². The predicted octanol–water partition coefficient (Wildman–Crippen LogP) is 9.04. The smallest absolute Gasteiger partial charge is 0.0915 e. The van der Waals surface area contributed by atoms with E-state index >= 15 is 0 Å². The van der Waals surface area contributed by atoms with Gasteiger partial charge in [0.05, 0.1) is 41.2 Å². The molecule has 3 rings (SSSR count). The van der Waals surface area contributed by atoms with E-state index in [4.69, 9.17) is 69.6 Å². The van der Waals surface area contributed by atoms with Crippen molar-refractivity contribution in [2.75, 3.05) is 0 Å². The second-order valence-corrected chi connectivity index (χ2v) is 8.12. The maximum atomic E-state index is 6.48. The van der Waals surface area contributed by atoms with Crippen molar-refractivity contribution < 1.29 is 0 Å². The zero-order valence-electron chi connectivity index (χ0n) is 13.2. The molecular formula is C18H13Cl6N. The SMILES string of the molecule is CCCCCc1c(Cl)c(Cl)c(Cl)c2nc3c(Cl)c(Cl)c(Cl)cc3cc12. The van der Waals surface area contributed by atoms with Crippen molar-refractivity contribution in [1.29, 1.82) is 0 Å². The van der Waals surface area contributed by atoms with Crippen LogP contribution < -0.4 is 0 Å². The summed E-state index contributed by atoms with van der Waals surface area (Å²) in [6.45, 7) is 2.15. The van der Waals surface area contributed by atoms with Crippen LogP contribution >= 0.6 is 69.6 Å². The summed E-state index contributed by atoms with van der Waals surface area (Å²) in [6, 6.07) is 3.69. The standard InChI is InChI=1S/C18H13Cl6N/c1-2-3-4-5-9-10-6-8-7-11(19)13(21)15(23)17(8)25-18(10)16(24)14(22)12(9)20/h6-7H,2-5H2,1H3. The molecule has 0 aliphatic carbocycles. The summed E-state index contributed by atoms with van der Waals surface area (Å²) in [4.78, 5) is 4.62. The molecule has 0 aliphatic rings. The van der Waals surface area contributed by atoms with Gasteiger partial charge >= 0.3 is 0 Å². The zero-order chi connectivity index (χ0) is 18.3. The number of aromatic nitrogens is 1. The van der Waals surface area contributed by atoms with Crippen LogP contribution in [0.5, 0.6) is 0 Å². The Bertz CT molecular complexity index is 983. The van der Waals surface area contributed by atoms with Crippen LogP contribution in [0.25, 0.3) is 21.8 Å². The third-order valence-electron chi connectivity index (χ3n) is 4.16. The van der Waals surface area contributed by atoms with Gasteiger partial charge in [-0.2, -0.15) is 0 Å². The molecule has 0 amide bonds. The molecule has 132 valence electrons. The van der Waals surface area contributed by atoms with Gasteiger partial charge in [0.15, 0.2) is 0 Å². The van der Waals surface area contributed by atoms with Crippen molar-refractivity contribution in [2.24, 2.45) is 0 Å². The summed E-state index contributed by atoms with van der Waals surface area (Å²) >= 11 is 37.8. The second-order valence-electron chi connectivity index (χ2n) is 5.82. The molecule has 0 atom stereocenters. The van der Waals surface area contributed by atoms with E-state index in [0.717, 1.165) is 42.0 Å². The minimum Gasteiger partial charge on any atom is -0.245 e. The first-order chi connectivity index (χ1) is 11.9. The van der Waals surface area contributed by atoms with Gasteiger partial charge in [-0.15, -0.1) is 0 Å². The van der Waals surface area contributed by atoms with Crippen molar-refractivity contribution in [3.05, 3.63) is 47.8 Å². The first-order valence-electron chi connectivity index (χ1n) is 7.80. The number of hydrogen-bond donors (Lipinski definition) is 0. The molecule has 0 fully saturated rings. The van der Waals surface area contributed by atoms with E-state index < -0.39 is 0 Å². The minimum atomic E-state index is 0.266. The summed E-state index contributed by atoms with van der Waals surface area (Å²) in [5.41, 5.74) is 2.04. The third-order valence-corrected chi connectivity index (χ3v) is 6.77. The number of nitrogens with zero attached hydrogens (tertiary/aromatic N) is 1. The van der Waals surface area contributed by atoms with Crippen LogP contribution in [0.2, 0.25) is 30.1 Å². The highest BCUT2D eigenvalue weighted by molar-refractivity contribution is 6.52. The lowest BCUT2D eigenvalue weighted by Gasteiger charge is -2.14. The fourth-order valence-corrected chi connectivity index (χ4v) is 4.31. The first kappa shape index (κ1) is 19.6. The number of aryl methyl sites for hydroxylation is 1. The van der Waals surface area contributed by atoms with Gasteiger partial charge < -0.3 is 0 Å². The highest BCUT2D eigenvalue weighted by Crippen LogP contribution is 2.43. The molecule has 0 N–H and O–H groups in total. The number of benzene rings is 2.